The molecule has 0 radical (unpaired) electrons. The van der Waals surface area contributed by atoms with Gasteiger partial charge < -0.3 is 14.5 Å². The first-order valence-electron chi connectivity index (χ1n) is 11.7. The van der Waals surface area contributed by atoms with Gasteiger partial charge in [0.05, 0.1) is 24.2 Å². The molecule has 0 bridgehead atoms. The topological polar surface area (TPSA) is 122 Å². The molecule has 11 nitrogen and oxygen atoms in total. The van der Waals surface area contributed by atoms with E-state index in [-0.39, 0.29) is 34.6 Å². The number of hydrogen-bond acceptors (Lipinski definition) is 9. The lowest BCUT2D eigenvalue weighted by Crippen LogP contribution is -2.47. The highest BCUT2D eigenvalue weighted by Crippen LogP contribution is 2.33. The number of sulfonamides is 1. The van der Waals surface area contributed by atoms with Crippen LogP contribution in [0.4, 0.5) is 0 Å². The summed E-state index contributed by atoms with van der Waals surface area (Å²) in [5.41, 5.74) is -0.540. The molecular formula is C22H31N5O6S2. The monoisotopic (exact) mass is 525 g/mol. The predicted octanol–water partition coefficient (Wildman–Crippen LogP) is 0.504. The summed E-state index contributed by atoms with van der Waals surface area (Å²) in [5.74, 6) is -0.741. The Balaban J connectivity index is 1.56. The number of esters is 1. The number of ether oxygens (including phenoxy) is 1. The Morgan fingerprint density at radius 1 is 1.14 bits per heavy atom. The standard InChI is InChI=1S/C22H31N5O6S2/c1-4-33-22(30)16-5-7-25(8-6-16)17(28)13-26-14-23-20-18(21(26)29)19(15(2)34-20)35(31,32)27-11-9-24(3)10-12-27/h14,16H,4-13H2,1-3H3. The molecule has 1 amide bonds. The minimum absolute atomic E-state index is 0.00315. The molecule has 0 aromatic carbocycles. The van der Waals surface area contributed by atoms with Gasteiger partial charge in [0.1, 0.15) is 16.3 Å². The molecule has 0 saturated carbocycles. The van der Waals surface area contributed by atoms with Crippen LogP contribution in [0.15, 0.2) is 16.0 Å². The van der Waals surface area contributed by atoms with E-state index in [1.807, 2.05) is 7.05 Å². The summed E-state index contributed by atoms with van der Waals surface area (Å²) in [5, 5.41) is 0.0442. The Labute approximate surface area is 208 Å². The summed E-state index contributed by atoms with van der Waals surface area (Å²) in [4.78, 5) is 47.1. The molecule has 35 heavy (non-hydrogen) atoms. The normalized spacial score (nSPS) is 18.8. The lowest BCUT2D eigenvalue weighted by molar-refractivity contribution is -0.151. The Morgan fingerprint density at radius 2 is 1.80 bits per heavy atom. The highest BCUT2D eigenvalue weighted by Gasteiger charge is 2.34. The summed E-state index contributed by atoms with van der Waals surface area (Å²) >= 11 is 1.17. The van der Waals surface area contributed by atoms with E-state index in [9.17, 15) is 22.8 Å². The lowest BCUT2D eigenvalue weighted by Gasteiger charge is -2.31. The molecule has 2 aliphatic heterocycles. The van der Waals surface area contributed by atoms with Gasteiger partial charge in [0, 0.05) is 44.1 Å². The van der Waals surface area contributed by atoms with Crippen molar-refractivity contribution in [3.05, 3.63) is 21.6 Å². The minimum Gasteiger partial charge on any atom is -0.466 e. The minimum atomic E-state index is -3.88. The Morgan fingerprint density at radius 3 is 2.43 bits per heavy atom. The van der Waals surface area contributed by atoms with Gasteiger partial charge >= 0.3 is 5.97 Å². The Bertz CT molecular complexity index is 1270. The predicted molar refractivity (Wildman–Crippen MR) is 131 cm³/mol. The molecular weight excluding hydrogens is 494 g/mol. The number of aryl methyl sites for hydroxylation is 1. The summed E-state index contributed by atoms with van der Waals surface area (Å²) in [6.45, 7) is 6.25. The molecule has 4 rings (SSSR count). The van der Waals surface area contributed by atoms with Crippen molar-refractivity contribution < 1.29 is 22.7 Å². The average molecular weight is 526 g/mol. The highest BCUT2D eigenvalue weighted by atomic mass is 32.2. The number of likely N-dealkylation sites (tertiary alicyclic amines) is 1. The maximum Gasteiger partial charge on any atom is 0.309 e. The third kappa shape index (κ3) is 5.13. The number of thiophene rings is 1. The molecule has 0 aliphatic carbocycles. The SMILES string of the molecule is CCOC(=O)C1CCN(C(=O)Cn2cnc3sc(C)c(S(=O)(=O)N4CCN(C)CC4)c3c2=O)CC1. The van der Waals surface area contributed by atoms with E-state index in [1.54, 1.807) is 18.7 Å². The lowest BCUT2D eigenvalue weighted by atomic mass is 9.97. The zero-order chi connectivity index (χ0) is 25.3. The van der Waals surface area contributed by atoms with Gasteiger partial charge in [-0.05, 0) is 33.7 Å². The number of rotatable bonds is 6. The number of aromatic nitrogens is 2. The average Bonchev–Trinajstić information content (AvgIpc) is 3.19. The molecule has 192 valence electrons. The van der Waals surface area contributed by atoms with Gasteiger partial charge in [-0.3, -0.25) is 19.0 Å². The molecule has 0 spiro atoms. The van der Waals surface area contributed by atoms with Gasteiger partial charge in [0.2, 0.25) is 15.9 Å². The van der Waals surface area contributed by atoms with Crippen LogP contribution < -0.4 is 5.56 Å². The van der Waals surface area contributed by atoms with Gasteiger partial charge in [0.15, 0.2) is 0 Å². The van der Waals surface area contributed by atoms with Crippen molar-refractivity contribution in [3.63, 3.8) is 0 Å². The van der Waals surface area contributed by atoms with Gasteiger partial charge in [-0.25, -0.2) is 13.4 Å². The molecule has 2 aromatic heterocycles. The number of nitrogens with zero attached hydrogens (tertiary/aromatic N) is 5. The van der Waals surface area contributed by atoms with Gasteiger partial charge in [-0.1, -0.05) is 0 Å². The zero-order valence-corrected chi connectivity index (χ0v) is 21.9. The molecule has 0 atom stereocenters. The number of piperidine rings is 1. The summed E-state index contributed by atoms with van der Waals surface area (Å²) in [6.07, 6.45) is 2.32. The van der Waals surface area contributed by atoms with Crippen LogP contribution in [0, 0.1) is 12.8 Å². The van der Waals surface area contributed by atoms with Crippen molar-refractivity contribution in [3.8, 4) is 0 Å². The second-order valence-electron chi connectivity index (χ2n) is 8.96. The van der Waals surface area contributed by atoms with Crippen LogP contribution in [0.2, 0.25) is 0 Å². The Kier molecular flexibility index (Phi) is 7.60. The maximum absolute atomic E-state index is 13.5. The van der Waals surface area contributed by atoms with E-state index in [0.29, 0.717) is 68.4 Å². The number of carbonyl (C=O) groups excluding carboxylic acids is 2. The van der Waals surface area contributed by atoms with Crippen molar-refractivity contribution in [2.45, 2.75) is 38.1 Å². The van der Waals surface area contributed by atoms with Crippen molar-refractivity contribution in [1.82, 2.24) is 23.7 Å². The van der Waals surface area contributed by atoms with Crippen molar-refractivity contribution in [2.24, 2.45) is 5.92 Å². The van der Waals surface area contributed by atoms with Crippen molar-refractivity contribution >= 4 is 43.5 Å². The summed E-state index contributed by atoms with van der Waals surface area (Å²) in [6, 6.07) is 0. The van der Waals surface area contributed by atoms with Crippen molar-refractivity contribution in [2.75, 3.05) is 52.9 Å². The molecule has 0 unspecified atom stereocenters. The molecule has 0 N–H and O–H groups in total. The molecule has 2 aromatic rings. The quantitative estimate of drug-likeness (QED) is 0.500. The smallest absolute Gasteiger partial charge is 0.309 e. The van der Waals surface area contributed by atoms with E-state index >= 15 is 0 Å². The summed E-state index contributed by atoms with van der Waals surface area (Å²) < 4.78 is 34.6. The van der Waals surface area contributed by atoms with Crippen LogP contribution in [-0.4, -0.2) is 96.9 Å². The van der Waals surface area contributed by atoms with E-state index < -0.39 is 15.6 Å². The fourth-order valence-corrected chi connectivity index (χ4v) is 7.65. The second kappa shape index (κ2) is 10.3. The fourth-order valence-electron chi connectivity index (χ4n) is 4.56. The van der Waals surface area contributed by atoms with Crippen LogP contribution in [0.25, 0.3) is 10.2 Å². The highest BCUT2D eigenvalue weighted by molar-refractivity contribution is 7.89. The van der Waals surface area contributed by atoms with Crippen LogP contribution in [-0.2, 0) is 30.9 Å². The fraction of sp³-hybridized carbons (Fsp3) is 0.636. The summed E-state index contributed by atoms with van der Waals surface area (Å²) in [7, 11) is -1.94. The van der Waals surface area contributed by atoms with E-state index in [4.69, 9.17) is 4.74 Å². The molecule has 13 heteroatoms. The number of piperazine rings is 1. The number of hydrogen-bond donors (Lipinski definition) is 0. The number of amides is 1. The van der Waals surface area contributed by atoms with E-state index in [1.165, 1.54) is 26.5 Å². The van der Waals surface area contributed by atoms with Crippen LogP contribution >= 0.6 is 11.3 Å². The van der Waals surface area contributed by atoms with E-state index in [2.05, 4.69) is 9.88 Å². The number of likely N-dealkylation sites (N-methyl/N-ethyl adjacent to an activating group) is 1. The van der Waals surface area contributed by atoms with Gasteiger partial charge in [-0.2, -0.15) is 4.31 Å². The molecule has 2 aliphatic rings. The largest absolute Gasteiger partial charge is 0.466 e. The van der Waals surface area contributed by atoms with Crippen molar-refractivity contribution in [1.29, 1.82) is 0 Å². The molecule has 2 saturated heterocycles. The molecule has 2 fully saturated rings. The first-order valence-corrected chi connectivity index (χ1v) is 14.0. The first-order chi connectivity index (χ1) is 16.6. The third-order valence-electron chi connectivity index (χ3n) is 6.63. The molecule has 4 heterocycles. The van der Waals surface area contributed by atoms with Crippen LogP contribution in [0.1, 0.15) is 24.6 Å². The van der Waals surface area contributed by atoms with Crippen LogP contribution in [0.5, 0.6) is 0 Å². The van der Waals surface area contributed by atoms with Gasteiger partial charge in [0.25, 0.3) is 5.56 Å². The zero-order valence-electron chi connectivity index (χ0n) is 20.2. The maximum atomic E-state index is 13.5. The number of fused-ring (bicyclic) bond motifs is 1. The third-order valence-corrected chi connectivity index (χ3v) is 9.85. The second-order valence-corrected chi connectivity index (χ2v) is 12.0. The Hall–Kier alpha value is -2.35. The number of carbonyl (C=O) groups is 2. The van der Waals surface area contributed by atoms with Gasteiger partial charge in [-0.15, -0.1) is 11.3 Å². The van der Waals surface area contributed by atoms with E-state index in [0.717, 1.165) is 0 Å². The first kappa shape index (κ1) is 25.7. The van der Waals surface area contributed by atoms with Crippen LogP contribution in [0.3, 0.4) is 0 Å².